The zero-order valence-corrected chi connectivity index (χ0v) is 14.7. The van der Waals surface area contributed by atoms with E-state index < -0.39 is 0 Å². The van der Waals surface area contributed by atoms with E-state index in [2.05, 4.69) is 19.1 Å². The number of benzene rings is 1. The minimum absolute atomic E-state index is 0.0806. The second-order valence-corrected chi connectivity index (χ2v) is 7.02. The van der Waals surface area contributed by atoms with Crippen LogP contribution in [-0.4, -0.2) is 47.8 Å². The van der Waals surface area contributed by atoms with E-state index in [1.807, 2.05) is 39.4 Å². The number of piperazine rings is 1. The van der Waals surface area contributed by atoms with Crippen LogP contribution >= 0.6 is 11.3 Å². The molecule has 1 aliphatic heterocycles. The van der Waals surface area contributed by atoms with Crippen LogP contribution in [0.25, 0.3) is 0 Å². The SMILES string of the molecule is Cc1ccccc1CCC(=O)N1CCN(C(=O)c2cccs2)CC1. The Morgan fingerprint density at radius 1 is 1.00 bits per heavy atom. The summed E-state index contributed by atoms with van der Waals surface area (Å²) in [4.78, 5) is 29.2. The fourth-order valence-electron chi connectivity index (χ4n) is 3.01. The van der Waals surface area contributed by atoms with Crippen LogP contribution in [0.2, 0.25) is 0 Å². The molecule has 5 heteroatoms. The van der Waals surface area contributed by atoms with Gasteiger partial charge in [-0.3, -0.25) is 9.59 Å². The number of hydrogen-bond acceptors (Lipinski definition) is 3. The van der Waals surface area contributed by atoms with Gasteiger partial charge in [0, 0.05) is 32.6 Å². The minimum Gasteiger partial charge on any atom is -0.339 e. The molecule has 2 heterocycles. The standard InChI is InChI=1S/C19H22N2O2S/c1-15-5-2-3-6-16(15)8-9-18(22)20-10-12-21(13-11-20)19(23)17-7-4-14-24-17/h2-7,14H,8-13H2,1H3. The molecule has 0 unspecified atom stereocenters. The second kappa shape index (κ2) is 7.62. The molecule has 2 aromatic rings. The first kappa shape index (κ1) is 16.7. The molecular weight excluding hydrogens is 320 g/mol. The highest BCUT2D eigenvalue weighted by molar-refractivity contribution is 7.12. The van der Waals surface area contributed by atoms with Crippen molar-refractivity contribution in [3.8, 4) is 0 Å². The number of thiophene rings is 1. The van der Waals surface area contributed by atoms with E-state index in [1.54, 1.807) is 0 Å². The number of nitrogens with zero attached hydrogens (tertiary/aromatic N) is 2. The molecule has 1 fully saturated rings. The quantitative estimate of drug-likeness (QED) is 0.857. The normalized spacial score (nSPS) is 14.7. The monoisotopic (exact) mass is 342 g/mol. The molecule has 126 valence electrons. The molecule has 1 saturated heterocycles. The molecule has 4 nitrogen and oxygen atoms in total. The van der Waals surface area contributed by atoms with Crippen molar-refractivity contribution in [1.29, 1.82) is 0 Å². The Bertz CT molecular complexity index is 704. The summed E-state index contributed by atoms with van der Waals surface area (Å²) < 4.78 is 0. The molecule has 1 aromatic heterocycles. The van der Waals surface area contributed by atoms with Crippen molar-refractivity contribution < 1.29 is 9.59 Å². The Morgan fingerprint density at radius 2 is 1.71 bits per heavy atom. The highest BCUT2D eigenvalue weighted by Crippen LogP contribution is 2.15. The van der Waals surface area contributed by atoms with E-state index in [4.69, 9.17) is 0 Å². The Balaban J connectivity index is 1.48. The lowest BCUT2D eigenvalue weighted by atomic mass is 10.0. The Labute approximate surface area is 146 Å². The summed E-state index contributed by atoms with van der Waals surface area (Å²) in [5, 5.41) is 1.92. The Hall–Kier alpha value is -2.14. The molecule has 0 saturated carbocycles. The largest absolute Gasteiger partial charge is 0.339 e. The second-order valence-electron chi connectivity index (χ2n) is 6.08. The van der Waals surface area contributed by atoms with Crippen LogP contribution in [0.1, 0.15) is 27.2 Å². The molecule has 0 atom stereocenters. The van der Waals surface area contributed by atoms with E-state index in [1.165, 1.54) is 22.5 Å². The molecule has 1 aliphatic rings. The van der Waals surface area contributed by atoms with Gasteiger partial charge < -0.3 is 9.80 Å². The van der Waals surface area contributed by atoms with Gasteiger partial charge in [0.25, 0.3) is 5.91 Å². The topological polar surface area (TPSA) is 40.6 Å². The molecular formula is C19H22N2O2S. The summed E-state index contributed by atoms with van der Waals surface area (Å²) in [6.07, 6.45) is 1.31. The Morgan fingerprint density at radius 3 is 2.38 bits per heavy atom. The average Bonchev–Trinajstić information content (AvgIpc) is 3.15. The van der Waals surface area contributed by atoms with Gasteiger partial charge in [0.1, 0.15) is 0 Å². The number of rotatable bonds is 4. The summed E-state index contributed by atoms with van der Waals surface area (Å²) >= 11 is 1.47. The summed E-state index contributed by atoms with van der Waals surface area (Å²) in [7, 11) is 0. The summed E-state index contributed by atoms with van der Waals surface area (Å²) in [5.41, 5.74) is 2.47. The Kier molecular flexibility index (Phi) is 5.30. The van der Waals surface area contributed by atoms with Gasteiger partial charge in [-0.2, -0.15) is 0 Å². The maximum atomic E-state index is 12.4. The number of aryl methyl sites for hydroxylation is 2. The van der Waals surface area contributed by atoms with Crippen molar-refractivity contribution in [2.24, 2.45) is 0 Å². The zero-order chi connectivity index (χ0) is 16.9. The lowest BCUT2D eigenvalue weighted by Gasteiger charge is -2.34. The maximum Gasteiger partial charge on any atom is 0.264 e. The maximum absolute atomic E-state index is 12.4. The van der Waals surface area contributed by atoms with Crippen molar-refractivity contribution in [2.45, 2.75) is 19.8 Å². The van der Waals surface area contributed by atoms with Gasteiger partial charge in [-0.15, -0.1) is 11.3 Å². The molecule has 0 bridgehead atoms. The molecule has 3 rings (SSSR count). The minimum atomic E-state index is 0.0806. The van der Waals surface area contributed by atoms with Gasteiger partial charge >= 0.3 is 0 Å². The van der Waals surface area contributed by atoms with Crippen LogP contribution < -0.4 is 0 Å². The summed E-state index contributed by atoms with van der Waals surface area (Å²) in [6.45, 7) is 4.57. The van der Waals surface area contributed by atoms with Crippen molar-refractivity contribution in [2.75, 3.05) is 26.2 Å². The highest BCUT2D eigenvalue weighted by atomic mass is 32.1. The van der Waals surface area contributed by atoms with Crippen LogP contribution in [-0.2, 0) is 11.2 Å². The summed E-state index contributed by atoms with van der Waals surface area (Å²) in [5.74, 6) is 0.262. The van der Waals surface area contributed by atoms with E-state index in [0.717, 1.165) is 11.3 Å². The molecule has 1 aromatic carbocycles. The van der Waals surface area contributed by atoms with Crippen LogP contribution in [0.3, 0.4) is 0 Å². The number of amides is 2. The third kappa shape index (κ3) is 3.85. The third-order valence-corrected chi connectivity index (χ3v) is 5.38. The highest BCUT2D eigenvalue weighted by Gasteiger charge is 2.25. The first-order chi connectivity index (χ1) is 11.6. The third-order valence-electron chi connectivity index (χ3n) is 4.52. The molecule has 0 aliphatic carbocycles. The number of carbonyl (C=O) groups is 2. The molecule has 24 heavy (non-hydrogen) atoms. The fraction of sp³-hybridized carbons (Fsp3) is 0.368. The average molecular weight is 342 g/mol. The van der Waals surface area contributed by atoms with Crippen LogP contribution in [0, 0.1) is 6.92 Å². The first-order valence-electron chi connectivity index (χ1n) is 8.30. The van der Waals surface area contributed by atoms with Crippen molar-refractivity contribution in [3.63, 3.8) is 0 Å². The lowest BCUT2D eigenvalue weighted by molar-refractivity contribution is -0.132. The van der Waals surface area contributed by atoms with E-state index >= 15 is 0 Å². The smallest absolute Gasteiger partial charge is 0.264 e. The molecule has 2 amide bonds. The van der Waals surface area contributed by atoms with Crippen molar-refractivity contribution >= 4 is 23.2 Å². The number of carbonyl (C=O) groups excluding carboxylic acids is 2. The van der Waals surface area contributed by atoms with E-state index in [9.17, 15) is 9.59 Å². The van der Waals surface area contributed by atoms with Crippen LogP contribution in [0.15, 0.2) is 41.8 Å². The predicted octanol–water partition coefficient (Wildman–Crippen LogP) is 2.97. The van der Waals surface area contributed by atoms with Crippen LogP contribution in [0.5, 0.6) is 0 Å². The summed E-state index contributed by atoms with van der Waals surface area (Å²) in [6, 6.07) is 11.9. The zero-order valence-electron chi connectivity index (χ0n) is 13.9. The van der Waals surface area contributed by atoms with Gasteiger partial charge in [0.15, 0.2) is 0 Å². The van der Waals surface area contributed by atoms with Gasteiger partial charge in [-0.25, -0.2) is 0 Å². The van der Waals surface area contributed by atoms with Crippen molar-refractivity contribution in [1.82, 2.24) is 9.80 Å². The molecule has 0 radical (unpaired) electrons. The van der Waals surface area contributed by atoms with Gasteiger partial charge in [-0.1, -0.05) is 30.3 Å². The molecule has 0 N–H and O–H groups in total. The number of hydrogen-bond donors (Lipinski definition) is 0. The first-order valence-corrected chi connectivity index (χ1v) is 9.18. The predicted molar refractivity (Wildman–Crippen MR) is 96.3 cm³/mol. The van der Waals surface area contributed by atoms with Gasteiger partial charge in [0.2, 0.25) is 5.91 Å². The van der Waals surface area contributed by atoms with Crippen LogP contribution in [0.4, 0.5) is 0 Å². The van der Waals surface area contributed by atoms with Crippen molar-refractivity contribution in [3.05, 3.63) is 57.8 Å². The van der Waals surface area contributed by atoms with Gasteiger partial charge in [-0.05, 0) is 35.9 Å². The molecule has 0 spiro atoms. The van der Waals surface area contributed by atoms with Gasteiger partial charge in [0.05, 0.1) is 4.88 Å². The van der Waals surface area contributed by atoms with E-state index in [0.29, 0.717) is 32.6 Å². The van der Waals surface area contributed by atoms with E-state index in [-0.39, 0.29) is 11.8 Å². The fourth-order valence-corrected chi connectivity index (χ4v) is 3.70. The lowest BCUT2D eigenvalue weighted by Crippen LogP contribution is -2.50.